The average molecular weight is 454 g/mol. The van der Waals surface area contributed by atoms with Crippen LogP contribution in [0.25, 0.3) is 10.2 Å². The van der Waals surface area contributed by atoms with Crippen LogP contribution < -0.4 is 5.56 Å². The summed E-state index contributed by atoms with van der Waals surface area (Å²) in [5.41, 5.74) is 2.58. The van der Waals surface area contributed by atoms with E-state index >= 15 is 0 Å². The number of carbonyl (C=O) groups excluding carboxylic acids is 1. The Hall–Kier alpha value is -2.12. The summed E-state index contributed by atoms with van der Waals surface area (Å²) in [6, 6.07) is 10.3. The van der Waals surface area contributed by atoms with Crippen molar-refractivity contribution in [2.45, 2.75) is 56.6 Å². The Morgan fingerprint density at radius 2 is 1.84 bits per heavy atom. The van der Waals surface area contributed by atoms with E-state index in [1.807, 2.05) is 27.7 Å². The molecule has 0 N–H and O–H groups in total. The van der Waals surface area contributed by atoms with Crippen molar-refractivity contribution in [3.8, 4) is 0 Å². The van der Waals surface area contributed by atoms with Gasteiger partial charge in [0, 0.05) is 36.7 Å². The third kappa shape index (κ3) is 4.30. The van der Waals surface area contributed by atoms with Crippen LogP contribution in [0.5, 0.6) is 0 Å². The van der Waals surface area contributed by atoms with Crippen molar-refractivity contribution in [3.05, 3.63) is 56.7 Å². The van der Waals surface area contributed by atoms with Gasteiger partial charge < -0.3 is 4.90 Å². The maximum Gasteiger partial charge on any atom is 0.263 e. The molecule has 1 aliphatic heterocycles. The molecule has 2 aliphatic rings. The maximum absolute atomic E-state index is 13.6. The molecule has 0 saturated carbocycles. The van der Waals surface area contributed by atoms with Crippen LogP contribution in [0.4, 0.5) is 0 Å². The number of rotatable bonds is 7. The third-order valence-corrected chi connectivity index (χ3v) is 8.41. The second kappa shape index (κ2) is 9.17. The number of hydrogen-bond donors (Lipinski definition) is 0. The summed E-state index contributed by atoms with van der Waals surface area (Å²) in [5, 5.41) is 1.64. The van der Waals surface area contributed by atoms with E-state index in [1.54, 1.807) is 23.1 Å². The summed E-state index contributed by atoms with van der Waals surface area (Å²) >= 11 is 3.32. The zero-order valence-corrected chi connectivity index (χ0v) is 19.3. The molecule has 1 aromatic carbocycles. The molecular formula is C24H27N3O2S2. The standard InChI is InChI=1S/C24H27N3O2S2/c28-20-11-6-13-26(20)15-16-30-24-25-22-21(18-9-4-5-10-19(18)31-22)23(29)27(24)14-12-17-7-2-1-3-8-17/h1-3,7-8H,4-6,9-16H2. The first-order chi connectivity index (χ1) is 15.2. The summed E-state index contributed by atoms with van der Waals surface area (Å²) < 4.78 is 1.88. The highest BCUT2D eigenvalue weighted by Gasteiger charge is 2.23. The second-order valence-electron chi connectivity index (χ2n) is 8.31. The molecule has 3 aromatic rings. The third-order valence-electron chi connectivity index (χ3n) is 6.27. The van der Waals surface area contributed by atoms with Crippen molar-refractivity contribution in [3.63, 3.8) is 0 Å². The summed E-state index contributed by atoms with van der Waals surface area (Å²) in [6.07, 6.45) is 6.84. The highest BCUT2D eigenvalue weighted by Crippen LogP contribution is 2.34. The Morgan fingerprint density at radius 1 is 1.00 bits per heavy atom. The molecular weight excluding hydrogens is 426 g/mol. The number of fused-ring (bicyclic) bond motifs is 3. The molecule has 0 bridgehead atoms. The lowest BCUT2D eigenvalue weighted by Gasteiger charge is -2.16. The monoisotopic (exact) mass is 453 g/mol. The van der Waals surface area contributed by atoms with Crippen LogP contribution in [0, 0.1) is 0 Å². The van der Waals surface area contributed by atoms with E-state index in [0.717, 1.165) is 66.3 Å². The molecule has 5 rings (SSSR count). The Balaban J connectivity index is 1.45. The maximum atomic E-state index is 13.6. The van der Waals surface area contributed by atoms with E-state index in [2.05, 4.69) is 12.1 Å². The van der Waals surface area contributed by atoms with Gasteiger partial charge in [0.2, 0.25) is 5.91 Å². The topological polar surface area (TPSA) is 55.2 Å². The normalized spacial score (nSPS) is 16.3. The Labute approximate surface area is 190 Å². The molecule has 1 saturated heterocycles. The molecule has 0 radical (unpaired) electrons. The fourth-order valence-electron chi connectivity index (χ4n) is 4.60. The van der Waals surface area contributed by atoms with Crippen molar-refractivity contribution in [1.29, 1.82) is 0 Å². The van der Waals surface area contributed by atoms with Crippen molar-refractivity contribution < 1.29 is 4.79 Å². The number of aryl methyl sites for hydroxylation is 3. The molecule has 1 amide bonds. The van der Waals surface area contributed by atoms with Gasteiger partial charge in [-0.15, -0.1) is 11.3 Å². The van der Waals surface area contributed by atoms with Gasteiger partial charge in [-0.05, 0) is 49.7 Å². The van der Waals surface area contributed by atoms with Crippen LogP contribution in [0.15, 0.2) is 40.3 Å². The van der Waals surface area contributed by atoms with Crippen molar-refractivity contribution >= 4 is 39.2 Å². The molecule has 2 aromatic heterocycles. The lowest BCUT2D eigenvalue weighted by atomic mass is 9.97. The molecule has 31 heavy (non-hydrogen) atoms. The van der Waals surface area contributed by atoms with Crippen molar-refractivity contribution in [2.75, 3.05) is 18.8 Å². The number of thiophene rings is 1. The molecule has 1 fully saturated rings. The van der Waals surface area contributed by atoms with Crippen LogP contribution in [0.1, 0.15) is 41.7 Å². The SMILES string of the molecule is O=C1CCCN1CCSc1nc2sc3c(c2c(=O)n1CCc1ccccc1)CCCC3. The summed E-state index contributed by atoms with van der Waals surface area (Å²) in [5.74, 6) is 1.01. The van der Waals surface area contributed by atoms with E-state index < -0.39 is 0 Å². The van der Waals surface area contributed by atoms with Gasteiger partial charge >= 0.3 is 0 Å². The van der Waals surface area contributed by atoms with Gasteiger partial charge in [0.1, 0.15) is 4.83 Å². The lowest BCUT2D eigenvalue weighted by Crippen LogP contribution is -2.28. The van der Waals surface area contributed by atoms with Crippen LogP contribution in [-0.2, 0) is 30.6 Å². The largest absolute Gasteiger partial charge is 0.342 e. The Kier molecular flexibility index (Phi) is 6.14. The van der Waals surface area contributed by atoms with Gasteiger partial charge in [0.05, 0.1) is 5.39 Å². The number of aromatic nitrogens is 2. The first-order valence-electron chi connectivity index (χ1n) is 11.2. The van der Waals surface area contributed by atoms with Crippen LogP contribution in [-0.4, -0.2) is 39.2 Å². The Morgan fingerprint density at radius 3 is 2.65 bits per heavy atom. The van der Waals surface area contributed by atoms with E-state index in [4.69, 9.17) is 4.98 Å². The predicted octanol–water partition coefficient (Wildman–Crippen LogP) is 4.29. The number of benzene rings is 1. The van der Waals surface area contributed by atoms with E-state index in [-0.39, 0.29) is 11.5 Å². The van der Waals surface area contributed by atoms with Gasteiger partial charge in [-0.1, -0.05) is 42.1 Å². The quantitative estimate of drug-likeness (QED) is 0.395. The van der Waals surface area contributed by atoms with Crippen molar-refractivity contribution in [1.82, 2.24) is 14.5 Å². The molecule has 0 unspecified atom stereocenters. The molecule has 1 aliphatic carbocycles. The van der Waals surface area contributed by atoms with E-state index in [1.165, 1.54) is 22.4 Å². The highest BCUT2D eigenvalue weighted by atomic mass is 32.2. The number of nitrogens with zero attached hydrogens (tertiary/aromatic N) is 3. The highest BCUT2D eigenvalue weighted by molar-refractivity contribution is 7.99. The molecule has 0 spiro atoms. The molecule has 7 heteroatoms. The van der Waals surface area contributed by atoms with Crippen LogP contribution >= 0.6 is 23.1 Å². The second-order valence-corrected chi connectivity index (χ2v) is 10.5. The minimum Gasteiger partial charge on any atom is -0.342 e. The first-order valence-corrected chi connectivity index (χ1v) is 13.0. The fraction of sp³-hybridized carbons (Fsp3) is 0.458. The van der Waals surface area contributed by atoms with Gasteiger partial charge in [-0.2, -0.15) is 0 Å². The van der Waals surface area contributed by atoms with Crippen LogP contribution in [0.3, 0.4) is 0 Å². The van der Waals surface area contributed by atoms with E-state index in [9.17, 15) is 9.59 Å². The number of hydrogen-bond acceptors (Lipinski definition) is 5. The smallest absolute Gasteiger partial charge is 0.263 e. The minimum atomic E-state index is 0.111. The number of thioether (sulfide) groups is 1. The van der Waals surface area contributed by atoms with Gasteiger partial charge in [0.15, 0.2) is 5.16 Å². The summed E-state index contributed by atoms with van der Waals surface area (Å²) in [7, 11) is 0. The van der Waals surface area contributed by atoms with Crippen molar-refractivity contribution in [2.24, 2.45) is 0 Å². The predicted molar refractivity (Wildman–Crippen MR) is 127 cm³/mol. The molecule has 5 nitrogen and oxygen atoms in total. The van der Waals surface area contributed by atoms with Crippen LogP contribution in [0.2, 0.25) is 0 Å². The summed E-state index contributed by atoms with van der Waals surface area (Å²) in [6.45, 7) is 2.20. The Bertz CT molecular complexity index is 1150. The van der Waals surface area contributed by atoms with Gasteiger partial charge in [-0.3, -0.25) is 14.2 Å². The van der Waals surface area contributed by atoms with E-state index in [0.29, 0.717) is 13.0 Å². The zero-order chi connectivity index (χ0) is 21.2. The first kappa shape index (κ1) is 20.8. The summed E-state index contributed by atoms with van der Waals surface area (Å²) in [4.78, 5) is 34.7. The molecule has 0 atom stereocenters. The average Bonchev–Trinajstić information content (AvgIpc) is 3.37. The molecule has 162 valence electrons. The number of likely N-dealkylation sites (tertiary alicyclic amines) is 1. The molecule has 3 heterocycles. The van der Waals surface area contributed by atoms with Gasteiger partial charge in [0.25, 0.3) is 5.56 Å². The number of carbonyl (C=O) groups is 1. The minimum absolute atomic E-state index is 0.111. The number of amides is 1. The van der Waals surface area contributed by atoms with Gasteiger partial charge in [-0.25, -0.2) is 4.98 Å². The fourth-order valence-corrected chi connectivity index (χ4v) is 6.89. The zero-order valence-electron chi connectivity index (χ0n) is 17.6. The lowest BCUT2D eigenvalue weighted by molar-refractivity contribution is -0.127.